The smallest absolute Gasteiger partial charge is 0.228 e. The number of anilines is 1. The van der Waals surface area contributed by atoms with E-state index in [2.05, 4.69) is 16.3 Å². The van der Waals surface area contributed by atoms with Crippen LogP contribution in [0, 0.1) is 19.8 Å². The van der Waals surface area contributed by atoms with Crippen molar-refractivity contribution in [2.75, 3.05) is 18.4 Å². The zero-order chi connectivity index (χ0) is 18.7. The van der Waals surface area contributed by atoms with E-state index in [4.69, 9.17) is 23.2 Å². The topological polar surface area (TPSA) is 32.3 Å². The highest BCUT2D eigenvalue weighted by molar-refractivity contribution is 6.35. The maximum Gasteiger partial charge on any atom is 0.228 e. The first kappa shape index (κ1) is 19.2. The number of benzene rings is 2. The van der Waals surface area contributed by atoms with Gasteiger partial charge in [0.25, 0.3) is 0 Å². The number of carbonyl (C=O) groups excluding carboxylic acids is 1. The van der Waals surface area contributed by atoms with Crippen LogP contribution in [0.25, 0.3) is 0 Å². The zero-order valence-electron chi connectivity index (χ0n) is 15.2. The van der Waals surface area contributed by atoms with Gasteiger partial charge in [-0.05, 0) is 74.2 Å². The van der Waals surface area contributed by atoms with E-state index >= 15 is 0 Å². The first-order chi connectivity index (χ1) is 12.4. The second-order valence-electron chi connectivity index (χ2n) is 7.18. The van der Waals surface area contributed by atoms with Gasteiger partial charge in [-0.25, -0.2) is 0 Å². The van der Waals surface area contributed by atoms with Crippen molar-refractivity contribution < 1.29 is 4.79 Å². The van der Waals surface area contributed by atoms with Gasteiger partial charge in [-0.1, -0.05) is 35.3 Å². The van der Waals surface area contributed by atoms with Crippen LogP contribution >= 0.6 is 23.2 Å². The van der Waals surface area contributed by atoms with Crippen LogP contribution < -0.4 is 5.32 Å². The molecular formula is C21H24Cl2N2O. The summed E-state index contributed by atoms with van der Waals surface area (Å²) < 4.78 is 0. The molecule has 0 saturated carbocycles. The summed E-state index contributed by atoms with van der Waals surface area (Å²) in [4.78, 5) is 15.0. The highest BCUT2D eigenvalue weighted by atomic mass is 35.5. The van der Waals surface area contributed by atoms with Crippen LogP contribution in [-0.2, 0) is 11.3 Å². The molecule has 3 nitrogen and oxygen atoms in total. The summed E-state index contributed by atoms with van der Waals surface area (Å²) in [6.45, 7) is 6.55. The lowest BCUT2D eigenvalue weighted by Crippen LogP contribution is -2.40. The number of aryl methyl sites for hydroxylation is 2. The van der Waals surface area contributed by atoms with Crippen LogP contribution in [0.5, 0.6) is 0 Å². The number of likely N-dealkylation sites (tertiary alicyclic amines) is 1. The Morgan fingerprint density at radius 2 is 1.88 bits per heavy atom. The third kappa shape index (κ3) is 5.00. The molecule has 26 heavy (non-hydrogen) atoms. The van der Waals surface area contributed by atoms with Crippen molar-refractivity contribution in [2.45, 2.75) is 33.2 Å². The van der Waals surface area contributed by atoms with Gasteiger partial charge in [0.2, 0.25) is 5.91 Å². The predicted octanol–water partition coefficient (Wildman–Crippen LogP) is 5.46. The molecule has 0 aromatic heterocycles. The number of halogens is 2. The molecule has 1 saturated heterocycles. The summed E-state index contributed by atoms with van der Waals surface area (Å²) in [6.07, 6.45) is 1.93. The average Bonchev–Trinajstić information content (AvgIpc) is 2.57. The third-order valence-corrected chi connectivity index (χ3v) is 5.36. The lowest BCUT2D eigenvalue weighted by molar-refractivity contribution is -0.121. The number of piperidine rings is 1. The molecule has 2 aromatic carbocycles. The van der Waals surface area contributed by atoms with Gasteiger partial charge in [-0.15, -0.1) is 0 Å². The molecule has 3 rings (SSSR count). The lowest BCUT2D eigenvalue weighted by atomic mass is 9.96. The van der Waals surface area contributed by atoms with Crippen molar-refractivity contribution in [1.29, 1.82) is 0 Å². The Morgan fingerprint density at radius 3 is 2.58 bits per heavy atom. The number of hydrogen-bond donors (Lipinski definition) is 1. The number of carbonyl (C=O) groups is 1. The van der Waals surface area contributed by atoms with E-state index in [1.165, 1.54) is 0 Å². The molecule has 0 aliphatic carbocycles. The fraction of sp³-hybridized carbons (Fsp3) is 0.381. The second-order valence-corrected chi connectivity index (χ2v) is 8.02. The van der Waals surface area contributed by atoms with Crippen molar-refractivity contribution in [2.24, 2.45) is 5.92 Å². The van der Waals surface area contributed by atoms with Gasteiger partial charge in [-0.2, -0.15) is 0 Å². The van der Waals surface area contributed by atoms with Crippen molar-refractivity contribution >= 4 is 34.8 Å². The van der Waals surface area contributed by atoms with E-state index in [9.17, 15) is 4.79 Å². The summed E-state index contributed by atoms with van der Waals surface area (Å²) in [5.74, 6) is 0.0950. The Labute approximate surface area is 165 Å². The molecule has 1 amide bonds. The van der Waals surface area contributed by atoms with Gasteiger partial charge in [-0.3, -0.25) is 9.69 Å². The molecule has 0 unspecified atom stereocenters. The summed E-state index contributed by atoms with van der Waals surface area (Å²) in [7, 11) is 0. The standard InChI is InChI=1S/C21H24Cl2N2O/c1-14-8-15(2)10-19(9-14)24-21(26)17-4-3-7-25(13-17)12-16-5-6-18(22)11-20(16)23/h5-6,8-11,17H,3-4,7,12-13H2,1-2H3,(H,24,26)/t17-/m1/s1. The quantitative estimate of drug-likeness (QED) is 0.751. The molecule has 1 heterocycles. The first-order valence-corrected chi connectivity index (χ1v) is 9.72. The molecule has 138 valence electrons. The highest BCUT2D eigenvalue weighted by Crippen LogP contribution is 2.25. The third-order valence-electron chi connectivity index (χ3n) is 4.77. The van der Waals surface area contributed by atoms with Crippen LogP contribution in [0.15, 0.2) is 36.4 Å². The maximum absolute atomic E-state index is 12.7. The Hall–Kier alpha value is -1.55. The SMILES string of the molecule is Cc1cc(C)cc(NC(=O)[C@@H]2CCCN(Cc3ccc(Cl)cc3Cl)C2)c1. The van der Waals surface area contributed by atoms with Gasteiger partial charge in [0.1, 0.15) is 0 Å². The Morgan fingerprint density at radius 1 is 1.15 bits per heavy atom. The fourth-order valence-corrected chi connectivity index (χ4v) is 4.06. The van der Waals surface area contributed by atoms with Crippen LogP contribution in [0.3, 0.4) is 0 Å². The van der Waals surface area contributed by atoms with Crippen molar-refractivity contribution in [3.05, 3.63) is 63.1 Å². The normalized spacial score (nSPS) is 17.9. The van der Waals surface area contributed by atoms with E-state index in [-0.39, 0.29) is 11.8 Å². The van der Waals surface area contributed by atoms with Crippen molar-refractivity contribution in [3.8, 4) is 0 Å². The van der Waals surface area contributed by atoms with E-state index in [1.807, 2.05) is 38.1 Å². The van der Waals surface area contributed by atoms with Crippen LogP contribution in [0.4, 0.5) is 5.69 Å². The zero-order valence-corrected chi connectivity index (χ0v) is 16.7. The Bertz CT molecular complexity index is 786. The van der Waals surface area contributed by atoms with E-state index < -0.39 is 0 Å². The van der Waals surface area contributed by atoms with E-state index in [0.29, 0.717) is 10.0 Å². The molecule has 0 spiro atoms. The number of rotatable bonds is 4. The summed E-state index contributed by atoms with van der Waals surface area (Å²) in [5.41, 5.74) is 4.24. The molecule has 1 aliphatic rings. The van der Waals surface area contributed by atoms with Crippen molar-refractivity contribution in [1.82, 2.24) is 4.90 Å². The minimum Gasteiger partial charge on any atom is -0.326 e. The average molecular weight is 391 g/mol. The molecule has 0 bridgehead atoms. The minimum absolute atomic E-state index is 0.00403. The van der Waals surface area contributed by atoms with Crippen LogP contribution in [0.2, 0.25) is 10.0 Å². The van der Waals surface area contributed by atoms with Gasteiger partial charge >= 0.3 is 0 Å². The highest BCUT2D eigenvalue weighted by Gasteiger charge is 2.26. The largest absolute Gasteiger partial charge is 0.326 e. The Balaban J connectivity index is 1.63. The molecule has 5 heteroatoms. The molecule has 0 radical (unpaired) electrons. The number of hydrogen-bond acceptors (Lipinski definition) is 2. The molecule has 2 aromatic rings. The van der Waals surface area contributed by atoms with Crippen LogP contribution in [0.1, 0.15) is 29.5 Å². The number of amides is 1. The van der Waals surface area contributed by atoms with Gasteiger partial charge in [0.15, 0.2) is 0 Å². The van der Waals surface area contributed by atoms with E-state index in [1.54, 1.807) is 6.07 Å². The molecule has 1 N–H and O–H groups in total. The summed E-state index contributed by atoms with van der Waals surface area (Å²) >= 11 is 12.3. The van der Waals surface area contributed by atoms with Gasteiger partial charge in [0, 0.05) is 28.8 Å². The monoisotopic (exact) mass is 390 g/mol. The first-order valence-electron chi connectivity index (χ1n) is 8.96. The lowest BCUT2D eigenvalue weighted by Gasteiger charge is -2.32. The minimum atomic E-state index is -0.00403. The van der Waals surface area contributed by atoms with Crippen molar-refractivity contribution in [3.63, 3.8) is 0 Å². The number of nitrogens with one attached hydrogen (secondary N) is 1. The molecule has 1 fully saturated rings. The second kappa shape index (κ2) is 8.43. The van der Waals surface area contributed by atoms with Crippen LogP contribution in [-0.4, -0.2) is 23.9 Å². The number of nitrogens with zero attached hydrogens (tertiary/aromatic N) is 1. The van der Waals surface area contributed by atoms with E-state index in [0.717, 1.165) is 54.9 Å². The summed E-state index contributed by atoms with van der Waals surface area (Å²) in [6, 6.07) is 11.7. The molecule has 1 atom stereocenters. The van der Waals surface area contributed by atoms with Gasteiger partial charge < -0.3 is 5.32 Å². The fourth-order valence-electron chi connectivity index (χ4n) is 3.60. The predicted molar refractivity (Wildman–Crippen MR) is 109 cm³/mol. The maximum atomic E-state index is 12.7. The Kier molecular flexibility index (Phi) is 6.23. The molecule has 1 aliphatic heterocycles. The van der Waals surface area contributed by atoms with Gasteiger partial charge in [0.05, 0.1) is 5.92 Å². The summed E-state index contributed by atoms with van der Waals surface area (Å²) in [5, 5.41) is 4.41. The molecular weight excluding hydrogens is 367 g/mol.